The van der Waals surface area contributed by atoms with E-state index in [1.807, 2.05) is 0 Å². The molecule has 1 aromatic carbocycles. The van der Waals surface area contributed by atoms with Gasteiger partial charge in [0.25, 0.3) is 5.91 Å². The van der Waals surface area contributed by atoms with Crippen LogP contribution in [-0.2, 0) is 9.53 Å². The van der Waals surface area contributed by atoms with Gasteiger partial charge in [-0.3, -0.25) is 9.59 Å². The highest BCUT2D eigenvalue weighted by atomic mass is 35.5. The molecule has 28 heavy (non-hydrogen) atoms. The summed E-state index contributed by atoms with van der Waals surface area (Å²) in [7, 11) is 1.51. The van der Waals surface area contributed by atoms with Crippen LogP contribution in [0.3, 0.4) is 0 Å². The average Bonchev–Trinajstić information content (AvgIpc) is 3.09. The number of aliphatic hydroxyl groups is 1. The number of nitrogens with zero attached hydrogens (tertiary/aromatic N) is 2. The maximum absolute atomic E-state index is 13.3. The number of carbonyl (C=O) groups excluding carboxylic acids is 2. The fourth-order valence-corrected chi connectivity index (χ4v) is 4.60. The van der Waals surface area contributed by atoms with E-state index in [9.17, 15) is 14.7 Å². The molecule has 0 fully saturated rings. The maximum atomic E-state index is 13.3. The molecule has 1 unspecified atom stereocenters. The minimum atomic E-state index is -0.846. The standard InChI is InChI=1S/C19H18Cl2N2O4S/c1-9-18(28-10(2)22-9)16(24)14-15(12-5-4-11(20)8-13(12)21)23(6-7-27-3)19(26)17(14)25/h4-5,8,15,25H,6-7H2,1-3H3. The van der Waals surface area contributed by atoms with Crippen molar-refractivity contribution in [3.8, 4) is 0 Å². The first-order valence-electron chi connectivity index (χ1n) is 8.43. The lowest BCUT2D eigenvalue weighted by atomic mass is 9.95. The molecule has 6 nitrogen and oxygen atoms in total. The number of rotatable bonds is 6. The molecule has 148 valence electrons. The Balaban J connectivity index is 2.15. The van der Waals surface area contributed by atoms with Crippen molar-refractivity contribution in [3.05, 3.63) is 60.7 Å². The van der Waals surface area contributed by atoms with Gasteiger partial charge in [-0.1, -0.05) is 29.3 Å². The Morgan fingerprint density at radius 1 is 1.36 bits per heavy atom. The quantitative estimate of drug-likeness (QED) is 0.677. The van der Waals surface area contributed by atoms with Crippen LogP contribution in [0.1, 0.15) is 32.0 Å². The number of carbonyl (C=O) groups is 2. The predicted octanol–water partition coefficient (Wildman–Crippen LogP) is 4.29. The van der Waals surface area contributed by atoms with Crippen LogP contribution < -0.4 is 0 Å². The SMILES string of the molecule is COCCN1C(=O)C(O)=C(C(=O)c2sc(C)nc2C)C1c1ccc(Cl)cc1Cl. The Morgan fingerprint density at radius 3 is 2.64 bits per heavy atom. The molecular formula is C19H18Cl2N2O4S. The number of hydrogen-bond donors (Lipinski definition) is 1. The lowest BCUT2D eigenvalue weighted by Gasteiger charge is -2.27. The second-order valence-electron chi connectivity index (χ2n) is 6.30. The summed E-state index contributed by atoms with van der Waals surface area (Å²) in [6.07, 6.45) is 0. The second kappa shape index (κ2) is 8.21. The van der Waals surface area contributed by atoms with Gasteiger partial charge in [0.05, 0.1) is 33.8 Å². The number of Topliss-reactive ketones (excluding diaryl/α,β-unsaturated/α-hetero) is 1. The van der Waals surface area contributed by atoms with Gasteiger partial charge in [-0.25, -0.2) is 4.98 Å². The van der Waals surface area contributed by atoms with Crippen LogP contribution in [-0.4, -0.2) is 46.9 Å². The van der Waals surface area contributed by atoms with E-state index in [4.69, 9.17) is 27.9 Å². The summed E-state index contributed by atoms with van der Waals surface area (Å²) in [5.74, 6) is -1.66. The normalized spacial score (nSPS) is 17.0. The summed E-state index contributed by atoms with van der Waals surface area (Å²) in [4.78, 5) is 32.1. The third kappa shape index (κ3) is 3.67. The Bertz CT molecular complexity index is 986. The highest BCUT2D eigenvalue weighted by Crippen LogP contribution is 2.42. The van der Waals surface area contributed by atoms with E-state index in [0.717, 1.165) is 5.01 Å². The lowest BCUT2D eigenvalue weighted by molar-refractivity contribution is -0.130. The highest BCUT2D eigenvalue weighted by Gasteiger charge is 2.45. The summed E-state index contributed by atoms with van der Waals surface area (Å²) in [5, 5.41) is 12.0. The molecule has 1 aromatic heterocycles. The molecule has 2 heterocycles. The first-order chi connectivity index (χ1) is 13.3. The van der Waals surface area contributed by atoms with Crippen molar-refractivity contribution < 1.29 is 19.4 Å². The van der Waals surface area contributed by atoms with Crippen molar-refractivity contribution in [3.63, 3.8) is 0 Å². The molecule has 9 heteroatoms. The molecule has 3 rings (SSSR count). The number of aliphatic hydroxyl groups excluding tert-OH is 1. The number of aromatic nitrogens is 1. The summed E-state index contributed by atoms with van der Waals surface area (Å²) in [6, 6.07) is 3.97. The van der Waals surface area contributed by atoms with E-state index >= 15 is 0 Å². The van der Waals surface area contributed by atoms with Gasteiger partial charge >= 0.3 is 0 Å². The van der Waals surface area contributed by atoms with Crippen molar-refractivity contribution >= 4 is 46.2 Å². The average molecular weight is 441 g/mol. The zero-order chi connectivity index (χ0) is 20.6. The summed E-state index contributed by atoms with van der Waals surface area (Å²) in [5.41, 5.74) is 1.04. The van der Waals surface area contributed by atoms with Gasteiger partial charge in [0, 0.05) is 23.7 Å². The lowest BCUT2D eigenvalue weighted by Crippen LogP contribution is -2.34. The molecule has 1 N–H and O–H groups in total. The van der Waals surface area contributed by atoms with Gasteiger partial charge in [0.1, 0.15) is 0 Å². The van der Waals surface area contributed by atoms with Gasteiger partial charge < -0.3 is 14.7 Å². The Morgan fingerprint density at radius 2 is 2.07 bits per heavy atom. The van der Waals surface area contributed by atoms with Crippen LogP contribution in [0.15, 0.2) is 29.5 Å². The summed E-state index contributed by atoms with van der Waals surface area (Å²) < 4.78 is 5.08. The number of halogens is 2. The zero-order valence-electron chi connectivity index (χ0n) is 15.5. The van der Waals surface area contributed by atoms with E-state index in [-0.39, 0.29) is 18.7 Å². The molecule has 0 radical (unpaired) electrons. The number of benzene rings is 1. The van der Waals surface area contributed by atoms with Crippen molar-refractivity contribution in [2.24, 2.45) is 0 Å². The first kappa shape index (κ1) is 20.8. The van der Waals surface area contributed by atoms with Crippen LogP contribution in [0.25, 0.3) is 0 Å². The Labute approximate surface area is 176 Å². The maximum Gasteiger partial charge on any atom is 0.290 e. The molecule has 2 aromatic rings. The van der Waals surface area contributed by atoms with Crippen molar-refractivity contribution in [2.75, 3.05) is 20.3 Å². The van der Waals surface area contributed by atoms with Gasteiger partial charge in [-0.15, -0.1) is 11.3 Å². The second-order valence-corrected chi connectivity index (χ2v) is 8.35. The highest BCUT2D eigenvalue weighted by molar-refractivity contribution is 7.14. The van der Waals surface area contributed by atoms with Crippen molar-refractivity contribution in [1.29, 1.82) is 0 Å². The number of ketones is 1. The third-order valence-corrected chi connectivity index (χ3v) is 6.09. The minimum Gasteiger partial charge on any atom is -0.503 e. The molecule has 0 aliphatic carbocycles. The van der Waals surface area contributed by atoms with Crippen LogP contribution in [0.4, 0.5) is 0 Å². The van der Waals surface area contributed by atoms with E-state index < -0.39 is 23.5 Å². The van der Waals surface area contributed by atoms with Crippen LogP contribution in [0.5, 0.6) is 0 Å². The van der Waals surface area contributed by atoms with Crippen molar-refractivity contribution in [2.45, 2.75) is 19.9 Å². The molecule has 1 atom stereocenters. The molecule has 0 saturated heterocycles. The van der Waals surface area contributed by atoms with Crippen LogP contribution >= 0.6 is 34.5 Å². The van der Waals surface area contributed by atoms with Gasteiger partial charge in [0.2, 0.25) is 5.78 Å². The van der Waals surface area contributed by atoms with Gasteiger partial charge in [-0.2, -0.15) is 0 Å². The largest absolute Gasteiger partial charge is 0.503 e. The minimum absolute atomic E-state index is 0.0166. The number of aryl methyl sites for hydroxylation is 2. The molecule has 1 aliphatic heterocycles. The Kier molecular flexibility index (Phi) is 6.09. The number of hydrogen-bond acceptors (Lipinski definition) is 6. The molecule has 1 aliphatic rings. The zero-order valence-corrected chi connectivity index (χ0v) is 17.8. The van der Waals surface area contributed by atoms with Gasteiger partial charge in [-0.05, 0) is 31.5 Å². The Hall–Kier alpha value is -1.93. The fraction of sp³-hybridized carbons (Fsp3) is 0.316. The van der Waals surface area contributed by atoms with Crippen LogP contribution in [0.2, 0.25) is 10.0 Å². The number of methoxy groups -OCH3 is 1. The van der Waals surface area contributed by atoms with Gasteiger partial charge in [0.15, 0.2) is 5.76 Å². The third-order valence-electron chi connectivity index (χ3n) is 4.45. The molecule has 0 spiro atoms. The summed E-state index contributed by atoms with van der Waals surface area (Å²) >= 11 is 13.6. The first-order valence-corrected chi connectivity index (χ1v) is 10.00. The molecule has 0 saturated carbocycles. The van der Waals surface area contributed by atoms with Crippen molar-refractivity contribution in [1.82, 2.24) is 9.88 Å². The van der Waals surface area contributed by atoms with E-state index in [1.165, 1.54) is 29.4 Å². The number of ether oxygens (including phenoxy) is 1. The van der Waals surface area contributed by atoms with E-state index in [0.29, 0.717) is 26.2 Å². The molecule has 1 amide bonds. The number of thiazole rings is 1. The summed E-state index contributed by atoms with van der Waals surface area (Å²) in [6.45, 7) is 3.93. The topological polar surface area (TPSA) is 79.7 Å². The van der Waals surface area contributed by atoms with E-state index in [1.54, 1.807) is 26.0 Å². The number of amides is 1. The smallest absolute Gasteiger partial charge is 0.290 e. The fourth-order valence-electron chi connectivity index (χ4n) is 3.22. The van der Waals surface area contributed by atoms with Crippen LogP contribution in [0, 0.1) is 13.8 Å². The molecular weight excluding hydrogens is 423 g/mol. The monoisotopic (exact) mass is 440 g/mol. The predicted molar refractivity (Wildman–Crippen MR) is 108 cm³/mol. The van der Waals surface area contributed by atoms with E-state index in [2.05, 4.69) is 4.98 Å². The molecule has 0 bridgehead atoms.